The van der Waals surface area contributed by atoms with Gasteiger partial charge in [0.05, 0.1) is 12.3 Å². The van der Waals surface area contributed by atoms with Crippen molar-refractivity contribution in [3.63, 3.8) is 0 Å². The van der Waals surface area contributed by atoms with E-state index in [1.165, 1.54) is 6.33 Å². The Hall–Kier alpha value is -2.48. The molecule has 7 nitrogen and oxygen atoms in total. The van der Waals surface area contributed by atoms with Crippen LogP contribution < -0.4 is 5.73 Å². The van der Waals surface area contributed by atoms with Gasteiger partial charge in [-0.2, -0.15) is 5.10 Å². The van der Waals surface area contributed by atoms with Crippen LogP contribution in [0.3, 0.4) is 0 Å². The third-order valence-corrected chi connectivity index (χ3v) is 3.95. The number of aliphatic hydroxyl groups excluding tert-OH is 2. The highest BCUT2D eigenvalue weighted by atomic mass is 16.3. The maximum Gasteiger partial charge on any atom is 0.151 e. The van der Waals surface area contributed by atoms with Crippen LogP contribution in [0.1, 0.15) is 17.4 Å². The molecule has 3 aromatic rings. The number of hydrogen-bond acceptors (Lipinski definition) is 6. The quantitative estimate of drug-likeness (QED) is 0.595. The molecule has 1 aromatic carbocycles. The van der Waals surface area contributed by atoms with Crippen molar-refractivity contribution in [3.05, 3.63) is 60.0 Å². The number of aliphatic hydroxyl groups is 2. The number of nitrogen functional groups attached to an aromatic ring is 1. The number of fused-ring (bicyclic) bond motifs is 1. The van der Waals surface area contributed by atoms with E-state index in [1.807, 2.05) is 35.2 Å². The number of rotatable bonds is 7. The molecule has 1 atom stereocenters. The summed E-state index contributed by atoms with van der Waals surface area (Å²) in [6, 6.07) is 13.6. The van der Waals surface area contributed by atoms with E-state index in [1.54, 1.807) is 16.6 Å². The Morgan fingerprint density at radius 3 is 2.71 bits per heavy atom. The first-order chi connectivity index (χ1) is 11.7. The predicted molar refractivity (Wildman–Crippen MR) is 91.2 cm³/mol. The fourth-order valence-corrected chi connectivity index (χ4v) is 2.78. The molecule has 4 N–H and O–H groups in total. The summed E-state index contributed by atoms with van der Waals surface area (Å²) in [5.74, 6) is 0.375. The Kier molecular flexibility index (Phi) is 5.05. The highest BCUT2D eigenvalue weighted by molar-refractivity contribution is 5.65. The molecule has 0 bridgehead atoms. The molecule has 0 saturated heterocycles. The normalized spacial score (nSPS) is 12.8. The Morgan fingerprint density at radius 2 is 1.96 bits per heavy atom. The lowest BCUT2D eigenvalue weighted by atomic mass is 10.2. The molecule has 7 heteroatoms. The molecular formula is C17H21N5O2. The molecule has 2 aromatic heterocycles. The van der Waals surface area contributed by atoms with E-state index >= 15 is 0 Å². The maximum absolute atomic E-state index is 10.6. The molecule has 24 heavy (non-hydrogen) atoms. The summed E-state index contributed by atoms with van der Waals surface area (Å²) in [4.78, 5) is 5.95. The van der Waals surface area contributed by atoms with E-state index in [4.69, 9.17) is 5.73 Å². The third-order valence-electron chi connectivity index (χ3n) is 3.95. The largest absolute Gasteiger partial charge is 0.395 e. The molecule has 1 unspecified atom stereocenters. The fraction of sp³-hybridized carbons (Fsp3) is 0.294. The second kappa shape index (κ2) is 7.39. The summed E-state index contributed by atoms with van der Waals surface area (Å²) < 4.78 is 1.60. The van der Waals surface area contributed by atoms with Gasteiger partial charge in [0.15, 0.2) is 5.82 Å². The second-order valence-corrected chi connectivity index (χ2v) is 5.66. The van der Waals surface area contributed by atoms with Gasteiger partial charge in [0.1, 0.15) is 17.9 Å². The van der Waals surface area contributed by atoms with E-state index in [9.17, 15) is 10.2 Å². The van der Waals surface area contributed by atoms with E-state index in [0.29, 0.717) is 36.7 Å². The summed E-state index contributed by atoms with van der Waals surface area (Å²) in [7, 11) is 0. The van der Waals surface area contributed by atoms with Crippen molar-refractivity contribution in [2.45, 2.75) is 12.6 Å². The van der Waals surface area contributed by atoms with Crippen molar-refractivity contribution >= 4 is 11.3 Å². The Labute approximate surface area is 140 Å². The minimum Gasteiger partial charge on any atom is -0.395 e. The van der Waals surface area contributed by atoms with E-state index in [0.717, 1.165) is 5.56 Å². The summed E-state index contributed by atoms with van der Waals surface area (Å²) in [6.07, 6.45) is 0.616. The second-order valence-electron chi connectivity index (χ2n) is 5.66. The van der Waals surface area contributed by atoms with Gasteiger partial charge in [-0.3, -0.25) is 4.90 Å². The third kappa shape index (κ3) is 3.53. The standard InChI is InChI=1S/C17H21N5O2/c18-17-15-7-6-14(22(15)20-12-19-17)16(24)11-21(8-9-23)10-13-4-2-1-3-5-13/h1-7,12,16,23-24H,8-11H2,(H2,18,19,20). The van der Waals surface area contributed by atoms with Crippen LogP contribution in [0.15, 0.2) is 48.8 Å². The summed E-state index contributed by atoms with van der Waals surface area (Å²) in [5, 5.41) is 24.1. The molecular weight excluding hydrogens is 306 g/mol. The number of aromatic nitrogens is 3. The molecule has 0 fully saturated rings. The minimum absolute atomic E-state index is 0.0313. The van der Waals surface area contributed by atoms with Crippen LogP contribution in [-0.4, -0.2) is 49.4 Å². The van der Waals surface area contributed by atoms with Crippen molar-refractivity contribution in [2.24, 2.45) is 0 Å². The molecule has 0 aliphatic heterocycles. The van der Waals surface area contributed by atoms with Crippen molar-refractivity contribution in [3.8, 4) is 0 Å². The van der Waals surface area contributed by atoms with Crippen molar-refractivity contribution in [2.75, 3.05) is 25.4 Å². The van der Waals surface area contributed by atoms with Gasteiger partial charge in [-0.25, -0.2) is 9.50 Å². The number of benzene rings is 1. The van der Waals surface area contributed by atoms with Gasteiger partial charge < -0.3 is 15.9 Å². The zero-order valence-corrected chi connectivity index (χ0v) is 13.3. The summed E-state index contributed by atoms with van der Waals surface area (Å²) in [6.45, 7) is 1.54. The van der Waals surface area contributed by atoms with Crippen LogP contribution >= 0.6 is 0 Å². The summed E-state index contributed by atoms with van der Waals surface area (Å²) in [5.41, 5.74) is 8.27. The lowest BCUT2D eigenvalue weighted by molar-refractivity contribution is 0.0918. The van der Waals surface area contributed by atoms with Crippen LogP contribution in [-0.2, 0) is 6.54 Å². The van der Waals surface area contributed by atoms with Gasteiger partial charge >= 0.3 is 0 Å². The molecule has 0 aliphatic rings. The highest BCUT2D eigenvalue weighted by Gasteiger charge is 2.18. The average molecular weight is 327 g/mol. The predicted octanol–water partition coefficient (Wildman–Crippen LogP) is 0.839. The zero-order valence-electron chi connectivity index (χ0n) is 13.3. The van der Waals surface area contributed by atoms with Gasteiger partial charge in [0.25, 0.3) is 0 Å². The lowest BCUT2D eigenvalue weighted by Gasteiger charge is -2.24. The van der Waals surface area contributed by atoms with Gasteiger partial charge in [-0.15, -0.1) is 0 Å². The first-order valence-electron chi connectivity index (χ1n) is 7.82. The molecule has 0 spiro atoms. The van der Waals surface area contributed by atoms with Gasteiger partial charge in [0.2, 0.25) is 0 Å². The topological polar surface area (TPSA) is 99.9 Å². The number of nitrogens with zero attached hydrogens (tertiary/aromatic N) is 4. The zero-order chi connectivity index (χ0) is 16.9. The van der Waals surface area contributed by atoms with Crippen LogP contribution in [0.2, 0.25) is 0 Å². The summed E-state index contributed by atoms with van der Waals surface area (Å²) >= 11 is 0. The number of anilines is 1. The Balaban J connectivity index is 1.77. The van der Waals surface area contributed by atoms with Crippen LogP contribution in [0, 0.1) is 0 Å². The van der Waals surface area contributed by atoms with E-state index in [-0.39, 0.29) is 6.61 Å². The van der Waals surface area contributed by atoms with Crippen molar-refractivity contribution in [1.82, 2.24) is 19.5 Å². The smallest absolute Gasteiger partial charge is 0.151 e. The van der Waals surface area contributed by atoms with E-state index in [2.05, 4.69) is 10.1 Å². The molecule has 0 aliphatic carbocycles. The first kappa shape index (κ1) is 16.4. The van der Waals surface area contributed by atoms with Gasteiger partial charge in [-0.1, -0.05) is 30.3 Å². The number of hydrogen-bond donors (Lipinski definition) is 3. The molecule has 0 amide bonds. The van der Waals surface area contributed by atoms with Crippen LogP contribution in [0.25, 0.3) is 5.52 Å². The molecule has 126 valence electrons. The molecule has 0 radical (unpaired) electrons. The Bertz CT molecular complexity index is 790. The number of nitrogens with two attached hydrogens (primary N) is 1. The molecule has 0 saturated carbocycles. The monoisotopic (exact) mass is 327 g/mol. The van der Waals surface area contributed by atoms with Crippen molar-refractivity contribution in [1.29, 1.82) is 0 Å². The Morgan fingerprint density at radius 1 is 1.17 bits per heavy atom. The van der Waals surface area contributed by atoms with Crippen LogP contribution in [0.4, 0.5) is 5.82 Å². The lowest BCUT2D eigenvalue weighted by Crippen LogP contribution is -2.31. The molecule has 2 heterocycles. The van der Waals surface area contributed by atoms with E-state index < -0.39 is 6.10 Å². The van der Waals surface area contributed by atoms with Crippen LogP contribution in [0.5, 0.6) is 0 Å². The average Bonchev–Trinajstić information content (AvgIpc) is 3.01. The van der Waals surface area contributed by atoms with Gasteiger partial charge in [0, 0.05) is 19.6 Å². The maximum atomic E-state index is 10.6. The van der Waals surface area contributed by atoms with Crippen molar-refractivity contribution < 1.29 is 10.2 Å². The highest BCUT2D eigenvalue weighted by Crippen LogP contribution is 2.20. The minimum atomic E-state index is -0.753. The van der Waals surface area contributed by atoms with Gasteiger partial charge in [-0.05, 0) is 17.7 Å². The fourth-order valence-electron chi connectivity index (χ4n) is 2.78. The first-order valence-corrected chi connectivity index (χ1v) is 7.82. The molecule has 3 rings (SSSR count). The SMILES string of the molecule is Nc1ncnn2c(C(O)CN(CCO)Cc3ccccc3)ccc12.